The lowest BCUT2D eigenvalue weighted by molar-refractivity contribution is 0.180. The van der Waals surface area contributed by atoms with Gasteiger partial charge in [-0.3, -0.25) is 4.90 Å². The normalized spacial score (nSPS) is 16.4. The summed E-state index contributed by atoms with van der Waals surface area (Å²) < 4.78 is 5.92. The highest BCUT2D eigenvalue weighted by Crippen LogP contribution is 2.20. The average molecular weight is 310 g/mol. The van der Waals surface area contributed by atoms with Crippen LogP contribution >= 0.6 is 0 Å². The summed E-state index contributed by atoms with van der Waals surface area (Å²) in [6.07, 6.45) is 2.45. The first kappa shape index (κ1) is 16.0. The van der Waals surface area contributed by atoms with E-state index in [2.05, 4.69) is 35.2 Å². The topological polar surface area (TPSA) is 38.5 Å². The van der Waals surface area contributed by atoms with Crippen molar-refractivity contribution in [3.63, 3.8) is 0 Å². The Balaban J connectivity index is 1.53. The molecule has 122 valence electrons. The quantitative estimate of drug-likeness (QED) is 0.888. The van der Waals surface area contributed by atoms with Crippen LogP contribution < -0.4 is 10.5 Å². The van der Waals surface area contributed by atoms with Gasteiger partial charge in [0.15, 0.2) is 0 Å². The van der Waals surface area contributed by atoms with Crippen molar-refractivity contribution in [2.24, 2.45) is 11.7 Å². The van der Waals surface area contributed by atoms with Gasteiger partial charge in [0.05, 0.1) is 0 Å². The van der Waals surface area contributed by atoms with Crippen LogP contribution in [-0.4, -0.2) is 24.5 Å². The molecule has 0 unspecified atom stereocenters. The van der Waals surface area contributed by atoms with Crippen LogP contribution in [0.5, 0.6) is 5.75 Å². The van der Waals surface area contributed by atoms with E-state index in [9.17, 15) is 0 Å². The van der Waals surface area contributed by atoms with Gasteiger partial charge in [-0.1, -0.05) is 42.5 Å². The lowest BCUT2D eigenvalue weighted by Crippen LogP contribution is -2.35. The zero-order valence-corrected chi connectivity index (χ0v) is 13.7. The molecular formula is C20H26N2O. The third kappa shape index (κ3) is 4.81. The van der Waals surface area contributed by atoms with Gasteiger partial charge < -0.3 is 10.5 Å². The number of hydrogen-bond acceptors (Lipinski definition) is 3. The average Bonchev–Trinajstić information content (AvgIpc) is 2.62. The molecule has 0 amide bonds. The fourth-order valence-corrected chi connectivity index (χ4v) is 3.11. The summed E-state index contributed by atoms with van der Waals surface area (Å²) in [7, 11) is 0. The Labute approximate surface area is 139 Å². The number of benzene rings is 2. The molecule has 0 aromatic heterocycles. The highest BCUT2D eigenvalue weighted by atomic mass is 16.5. The molecule has 0 aliphatic carbocycles. The summed E-state index contributed by atoms with van der Waals surface area (Å²) in [5.41, 5.74) is 8.28. The lowest BCUT2D eigenvalue weighted by Gasteiger charge is -2.31. The second kappa shape index (κ2) is 8.14. The van der Waals surface area contributed by atoms with Gasteiger partial charge in [-0.15, -0.1) is 0 Å². The number of rotatable bonds is 6. The van der Waals surface area contributed by atoms with Gasteiger partial charge >= 0.3 is 0 Å². The predicted molar refractivity (Wildman–Crippen MR) is 94.3 cm³/mol. The van der Waals surface area contributed by atoms with Crippen LogP contribution in [0.4, 0.5) is 0 Å². The van der Waals surface area contributed by atoms with Crippen LogP contribution in [0, 0.1) is 5.92 Å². The fraction of sp³-hybridized carbons (Fsp3) is 0.400. The zero-order valence-electron chi connectivity index (χ0n) is 13.7. The van der Waals surface area contributed by atoms with Crippen LogP contribution in [0.15, 0.2) is 54.6 Å². The summed E-state index contributed by atoms with van der Waals surface area (Å²) in [5, 5.41) is 0. The monoisotopic (exact) mass is 310 g/mol. The summed E-state index contributed by atoms with van der Waals surface area (Å²) in [6.45, 7) is 4.75. The predicted octanol–water partition coefficient (Wildman–Crippen LogP) is 3.44. The minimum absolute atomic E-state index is 0.617. The number of likely N-dealkylation sites (tertiary alicyclic amines) is 1. The van der Waals surface area contributed by atoms with Crippen molar-refractivity contribution in [2.45, 2.75) is 26.0 Å². The third-order valence-electron chi connectivity index (χ3n) is 4.59. The molecule has 1 saturated heterocycles. The van der Waals surface area contributed by atoms with E-state index in [1.807, 2.05) is 24.3 Å². The van der Waals surface area contributed by atoms with Gasteiger partial charge in [0.2, 0.25) is 0 Å². The maximum atomic E-state index is 5.92. The summed E-state index contributed by atoms with van der Waals surface area (Å²) in [5.74, 6) is 1.66. The second-order valence-corrected chi connectivity index (χ2v) is 6.38. The molecule has 2 aromatic carbocycles. The van der Waals surface area contributed by atoms with Crippen LogP contribution in [0.1, 0.15) is 24.0 Å². The molecule has 0 radical (unpaired) electrons. The Morgan fingerprint density at radius 1 is 0.957 bits per heavy atom. The summed E-state index contributed by atoms with van der Waals surface area (Å²) in [4.78, 5) is 2.52. The van der Waals surface area contributed by atoms with Gasteiger partial charge in [0.25, 0.3) is 0 Å². The van der Waals surface area contributed by atoms with Crippen molar-refractivity contribution in [3.05, 3.63) is 65.7 Å². The Bertz CT molecular complexity index is 592. The summed E-state index contributed by atoms with van der Waals surface area (Å²) >= 11 is 0. The second-order valence-electron chi connectivity index (χ2n) is 6.38. The van der Waals surface area contributed by atoms with Crippen molar-refractivity contribution in [2.75, 3.05) is 19.6 Å². The highest BCUT2D eigenvalue weighted by molar-refractivity contribution is 5.29. The van der Waals surface area contributed by atoms with E-state index in [4.69, 9.17) is 10.5 Å². The van der Waals surface area contributed by atoms with E-state index in [1.54, 1.807) is 0 Å². The Kier molecular flexibility index (Phi) is 5.67. The molecule has 1 aliphatic rings. The van der Waals surface area contributed by atoms with Crippen LogP contribution in [0.2, 0.25) is 0 Å². The van der Waals surface area contributed by atoms with Gasteiger partial charge in [-0.05, 0) is 61.7 Å². The van der Waals surface area contributed by atoms with E-state index in [1.165, 1.54) is 24.0 Å². The van der Waals surface area contributed by atoms with Gasteiger partial charge in [0.1, 0.15) is 12.4 Å². The van der Waals surface area contributed by atoms with E-state index in [0.29, 0.717) is 12.5 Å². The van der Waals surface area contributed by atoms with E-state index >= 15 is 0 Å². The van der Waals surface area contributed by atoms with Crippen LogP contribution in [-0.2, 0) is 13.2 Å². The largest absolute Gasteiger partial charge is 0.489 e. The molecule has 1 heterocycles. The molecule has 3 nitrogen and oxygen atoms in total. The number of hydrogen-bond donors (Lipinski definition) is 1. The van der Waals surface area contributed by atoms with Crippen molar-refractivity contribution < 1.29 is 4.74 Å². The molecule has 2 N–H and O–H groups in total. The van der Waals surface area contributed by atoms with E-state index < -0.39 is 0 Å². The summed E-state index contributed by atoms with van der Waals surface area (Å²) in [6, 6.07) is 18.8. The molecule has 0 bridgehead atoms. The van der Waals surface area contributed by atoms with E-state index in [0.717, 1.165) is 31.9 Å². The first-order valence-electron chi connectivity index (χ1n) is 8.51. The Hall–Kier alpha value is -1.84. The van der Waals surface area contributed by atoms with Crippen molar-refractivity contribution >= 4 is 0 Å². The smallest absolute Gasteiger partial charge is 0.120 e. The first-order valence-corrected chi connectivity index (χ1v) is 8.51. The molecule has 3 rings (SSSR count). The van der Waals surface area contributed by atoms with Crippen LogP contribution in [0.25, 0.3) is 0 Å². The molecular weight excluding hydrogens is 284 g/mol. The molecule has 1 fully saturated rings. The molecule has 0 saturated carbocycles. The lowest BCUT2D eigenvalue weighted by atomic mass is 9.97. The fourth-order valence-electron chi connectivity index (χ4n) is 3.11. The maximum Gasteiger partial charge on any atom is 0.120 e. The SMILES string of the molecule is NCC1CCN(Cc2cccc(OCc3ccccc3)c2)CC1. The molecule has 0 atom stereocenters. The Morgan fingerprint density at radius 3 is 2.43 bits per heavy atom. The molecule has 0 spiro atoms. The minimum Gasteiger partial charge on any atom is -0.489 e. The van der Waals surface area contributed by atoms with Gasteiger partial charge in [-0.2, -0.15) is 0 Å². The Morgan fingerprint density at radius 2 is 1.70 bits per heavy atom. The molecule has 2 aromatic rings. The first-order chi connectivity index (χ1) is 11.3. The number of ether oxygens (including phenoxy) is 1. The molecule has 1 aliphatic heterocycles. The van der Waals surface area contributed by atoms with Crippen LogP contribution in [0.3, 0.4) is 0 Å². The van der Waals surface area contributed by atoms with Crippen molar-refractivity contribution in [1.29, 1.82) is 0 Å². The highest BCUT2D eigenvalue weighted by Gasteiger charge is 2.17. The number of piperidine rings is 1. The minimum atomic E-state index is 0.617. The molecule has 3 heteroatoms. The number of nitrogens with two attached hydrogens (primary N) is 1. The maximum absolute atomic E-state index is 5.92. The standard InChI is InChI=1S/C20H26N2O/c21-14-17-9-11-22(12-10-17)15-19-7-4-8-20(13-19)23-16-18-5-2-1-3-6-18/h1-8,13,17H,9-12,14-16,21H2. The van der Waals surface area contributed by atoms with E-state index in [-0.39, 0.29) is 0 Å². The van der Waals surface area contributed by atoms with Gasteiger partial charge in [0, 0.05) is 6.54 Å². The van der Waals surface area contributed by atoms with Crippen molar-refractivity contribution in [3.8, 4) is 5.75 Å². The zero-order chi connectivity index (χ0) is 15.9. The number of nitrogens with zero attached hydrogens (tertiary/aromatic N) is 1. The molecule has 23 heavy (non-hydrogen) atoms. The van der Waals surface area contributed by atoms with Gasteiger partial charge in [-0.25, -0.2) is 0 Å². The van der Waals surface area contributed by atoms with Crippen molar-refractivity contribution in [1.82, 2.24) is 4.90 Å². The third-order valence-corrected chi connectivity index (χ3v) is 4.59.